The van der Waals surface area contributed by atoms with Crippen LogP contribution in [0.2, 0.25) is 0 Å². The van der Waals surface area contributed by atoms with Crippen molar-refractivity contribution < 1.29 is 4.79 Å². The number of aromatic amines is 1. The molecule has 0 aliphatic heterocycles. The van der Waals surface area contributed by atoms with Gasteiger partial charge in [-0.25, -0.2) is 4.98 Å². The van der Waals surface area contributed by atoms with E-state index in [2.05, 4.69) is 25.5 Å². The molecule has 0 aromatic carbocycles. The van der Waals surface area contributed by atoms with Gasteiger partial charge in [0.2, 0.25) is 0 Å². The van der Waals surface area contributed by atoms with Crippen LogP contribution in [0, 0.1) is 0 Å². The molecule has 0 spiro atoms. The van der Waals surface area contributed by atoms with E-state index in [1.165, 1.54) is 6.33 Å². The van der Waals surface area contributed by atoms with E-state index in [0.29, 0.717) is 25.2 Å². The number of nitrogens with zero attached hydrogens (tertiary/aromatic N) is 3. The molecule has 2 aromatic heterocycles. The number of carbonyl (C=O) groups is 1. The quantitative estimate of drug-likeness (QED) is 0.667. The summed E-state index contributed by atoms with van der Waals surface area (Å²) in [6.07, 6.45) is 3.64. The van der Waals surface area contributed by atoms with Gasteiger partial charge < -0.3 is 11.1 Å². The summed E-state index contributed by atoms with van der Waals surface area (Å²) < 4.78 is 0. The molecule has 7 heteroatoms. The maximum absolute atomic E-state index is 11.7. The maximum Gasteiger partial charge on any atom is 0.269 e. The van der Waals surface area contributed by atoms with Gasteiger partial charge in [-0.1, -0.05) is 6.07 Å². The summed E-state index contributed by atoms with van der Waals surface area (Å²) in [6, 6.07) is 3.45. The molecule has 94 valence electrons. The molecule has 2 rings (SSSR count). The van der Waals surface area contributed by atoms with Crippen molar-refractivity contribution in [1.29, 1.82) is 0 Å². The Hall–Kier alpha value is -2.28. The van der Waals surface area contributed by atoms with Gasteiger partial charge in [-0.2, -0.15) is 5.10 Å². The number of nitrogens with one attached hydrogen (secondary N) is 2. The summed E-state index contributed by atoms with van der Waals surface area (Å²) in [5.74, 6) is 0.528. The summed E-state index contributed by atoms with van der Waals surface area (Å²) in [5.41, 5.74) is 6.73. The normalized spacial score (nSPS) is 10.3. The Bertz CT molecular complexity index is 493. The van der Waals surface area contributed by atoms with Crippen LogP contribution in [0.25, 0.3) is 0 Å². The molecule has 1 amide bonds. The zero-order chi connectivity index (χ0) is 12.8. The number of hydrogen-bond donors (Lipinski definition) is 3. The van der Waals surface area contributed by atoms with Crippen molar-refractivity contribution in [1.82, 2.24) is 25.5 Å². The third-order valence-corrected chi connectivity index (χ3v) is 2.41. The minimum atomic E-state index is -0.210. The Balaban J connectivity index is 1.83. The SMILES string of the molecule is NCc1ccc(C(=O)NCCc2ncn[nH]2)nc1. The number of pyridine rings is 1. The van der Waals surface area contributed by atoms with E-state index in [0.717, 1.165) is 11.4 Å². The number of aromatic nitrogens is 4. The van der Waals surface area contributed by atoms with Crippen LogP contribution >= 0.6 is 0 Å². The van der Waals surface area contributed by atoms with Crippen molar-refractivity contribution >= 4 is 5.91 Å². The van der Waals surface area contributed by atoms with Gasteiger partial charge in [-0.15, -0.1) is 0 Å². The molecule has 0 aliphatic carbocycles. The second-order valence-corrected chi connectivity index (χ2v) is 3.69. The smallest absolute Gasteiger partial charge is 0.269 e. The topological polar surface area (TPSA) is 110 Å². The molecule has 0 saturated heterocycles. The van der Waals surface area contributed by atoms with Crippen LogP contribution in [0.15, 0.2) is 24.7 Å². The van der Waals surface area contributed by atoms with E-state index in [1.807, 2.05) is 0 Å². The van der Waals surface area contributed by atoms with Gasteiger partial charge in [-0.05, 0) is 11.6 Å². The molecule has 0 unspecified atom stereocenters. The van der Waals surface area contributed by atoms with E-state index in [1.54, 1.807) is 18.3 Å². The minimum Gasteiger partial charge on any atom is -0.350 e. The summed E-state index contributed by atoms with van der Waals surface area (Å²) in [5, 5.41) is 9.20. The highest BCUT2D eigenvalue weighted by atomic mass is 16.1. The van der Waals surface area contributed by atoms with Crippen LogP contribution in [-0.4, -0.2) is 32.6 Å². The summed E-state index contributed by atoms with van der Waals surface area (Å²) >= 11 is 0. The number of nitrogens with two attached hydrogens (primary N) is 1. The van der Waals surface area contributed by atoms with E-state index < -0.39 is 0 Å². The van der Waals surface area contributed by atoms with Gasteiger partial charge in [0, 0.05) is 25.7 Å². The number of H-pyrrole nitrogens is 1. The van der Waals surface area contributed by atoms with E-state index in [4.69, 9.17) is 5.73 Å². The van der Waals surface area contributed by atoms with Gasteiger partial charge in [0.05, 0.1) is 0 Å². The largest absolute Gasteiger partial charge is 0.350 e. The lowest BCUT2D eigenvalue weighted by molar-refractivity contribution is 0.0949. The first-order valence-corrected chi connectivity index (χ1v) is 5.57. The molecule has 2 aromatic rings. The van der Waals surface area contributed by atoms with Crippen LogP contribution in [0.4, 0.5) is 0 Å². The van der Waals surface area contributed by atoms with Crippen molar-refractivity contribution in [2.45, 2.75) is 13.0 Å². The number of amides is 1. The van der Waals surface area contributed by atoms with Crippen molar-refractivity contribution in [2.24, 2.45) is 5.73 Å². The Kier molecular flexibility index (Phi) is 3.98. The molecule has 0 saturated carbocycles. The van der Waals surface area contributed by atoms with Crippen molar-refractivity contribution in [3.8, 4) is 0 Å². The lowest BCUT2D eigenvalue weighted by Gasteiger charge is -2.03. The molecule has 4 N–H and O–H groups in total. The van der Waals surface area contributed by atoms with Crippen LogP contribution in [0.1, 0.15) is 21.9 Å². The molecular formula is C11H14N6O. The first-order chi connectivity index (χ1) is 8.79. The van der Waals surface area contributed by atoms with Gasteiger partial charge in [0.25, 0.3) is 5.91 Å². The maximum atomic E-state index is 11.7. The second kappa shape index (κ2) is 5.87. The Labute approximate surface area is 104 Å². The van der Waals surface area contributed by atoms with Gasteiger partial charge in [0.1, 0.15) is 17.8 Å². The fourth-order valence-electron chi connectivity index (χ4n) is 1.42. The van der Waals surface area contributed by atoms with Gasteiger partial charge in [-0.3, -0.25) is 14.9 Å². The summed E-state index contributed by atoms with van der Waals surface area (Å²) in [6.45, 7) is 0.898. The first-order valence-electron chi connectivity index (χ1n) is 5.57. The van der Waals surface area contributed by atoms with E-state index in [-0.39, 0.29) is 5.91 Å². The third kappa shape index (κ3) is 3.11. The monoisotopic (exact) mass is 246 g/mol. The second-order valence-electron chi connectivity index (χ2n) is 3.69. The predicted molar refractivity (Wildman–Crippen MR) is 64.5 cm³/mol. The summed E-state index contributed by atoms with van der Waals surface area (Å²) in [4.78, 5) is 19.7. The Morgan fingerprint density at radius 3 is 2.89 bits per heavy atom. The Morgan fingerprint density at radius 1 is 1.39 bits per heavy atom. The van der Waals surface area contributed by atoms with E-state index >= 15 is 0 Å². The average molecular weight is 246 g/mol. The molecule has 7 nitrogen and oxygen atoms in total. The van der Waals surface area contributed by atoms with Crippen LogP contribution in [0.5, 0.6) is 0 Å². The van der Waals surface area contributed by atoms with Crippen LogP contribution in [-0.2, 0) is 13.0 Å². The lowest BCUT2D eigenvalue weighted by atomic mass is 10.2. The highest BCUT2D eigenvalue weighted by Gasteiger charge is 2.06. The first kappa shape index (κ1) is 12.2. The molecule has 0 aliphatic rings. The third-order valence-electron chi connectivity index (χ3n) is 2.41. The molecule has 0 fully saturated rings. The zero-order valence-electron chi connectivity index (χ0n) is 9.76. The van der Waals surface area contributed by atoms with Crippen LogP contribution < -0.4 is 11.1 Å². The molecule has 0 bridgehead atoms. The Morgan fingerprint density at radius 2 is 2.28 bits per heavy atom. The molecule has 0 radical (unpaired) electrons. The fourth-order valence-corrected chi connectivity index (χ4v) is 1.42. The lowest BCUT2D eigenvalue weighted by Crippen LogP contribution is -2.26. The van der Waals surface area contributed by atoms with Crippen molar-refractivity contribution in [3.05, 3.63) is 41.7 Å². The highest BCUT2D eigenvalue weighted by Crippen LogP contribution is 1.99. The number of carbonyl (C=O) groups excluding carboxylic acids is 1. The van der Waals surface area contributed by atoms with Gasteiger partial charge >= 0.3 is 0 Å². The number of hydrogen-bond acceptors (Lipinski definition) is 5. The minimum absolute atomic E-state index is 0.210. The molecule has 2 heterocycles. The average Bonchev–Trinajstić information content (AvgIpc) is 2.92. The van der Waals surface area contributed by atoms with Crippen molar-refractivity contribution in [2.75, 3.05) is 6.54 Å². The predicted octanol–water partition coefficient (Wildman–Crippen LogP) is -0.369. The summed E-state index contributed by atoms with van der Waals surface area (Å²) in [7, 11) is 0. The van der Waals surface area contributed by atoms with E-state index in [9.17, 15) is 4.79 Å². The molecule has 0 atom stereocenters. The van der Waals surface area contributed by atoms with Crippen LogP contribution in [0.3, 0.4) is 0 Å². The molecule has 18 heavy (non-hydrogen) atoms. The fraction of sp³-hybridized carbons (Fsp3) is 0.273. The zero-order valence-corrected chi connectivity index (χ0v) is 9.76. The van der Waals surface area contributed by atoms with Crippen molar-refractivity contribution in [3.63, 3.8) is 0 Å². The molecular weight excluding hydrogens is 232 g/mol. The number of rotatable bonds is 5. The standard InChI is InChI=1S/C11H14N6O/c12-5-8-1-2-9(14-6-8)11(18)13-4-3-10-15-7-16-17-10/h1-2,6-7H,3-5,12H2,(H,13,18)(H,15,16,17). The highest BCUT2D eigenvalue weighted by molar-refractivity contribution is 5.92. The van der Waals surface area contributed by atoms with Gasteiger partial charge in [0.15, 0.2) is 0 Å².